The smallest absolute Gasteiger partial charge is 0.326 e. The number of rotatable bonds is 13. The SMILES string of the molecule is C/C=C(\CC)C(=O)c1sc(N)nc1-c1ccc(P(=O)(NC(C)(C)C(=O)OCC)NC(C)(C)C(=O)OCC)o1. The third-order valence-corrected chi connectivity index (χ3v) is 8.94. The molecule has 0 aliphatic carbocycles. The predicted molar refractivity (Wildman–Crippen MR) is 148 cm³/mol. The number of Topliss-reactive ketones (excluding diaryl/α,β-unsaturated/α-hetero) is 1. The maximum Gasteiger partial charge on any atom is 0.326 e. The van der Waals surface area contributed by atoms with Crippen LogP contribution in [0.2, 0.25) is 0 Å². The third kappa shape index (κ3) is 6.99. The fourth-order valence-electron chi connectivity index (χ4n) is 3.56. The number of allylic oxidation sites excluding steroid dienone is 2. The molecule has 0 radical (unpaired) electrons. The first-order valence-corrected chi connectivity index (χ1v) is 14.8. The van der Waals surface area contributed by atoms with Crippen molar-refractivity contribution >= 4 is 47.1 Å². The number of esters is 2. The fourth-order valence-corrected chi connectivity index (χ4v) is 6.92. The Morgan fingerprint density at radius 2 is 1.58 bits per heavy atom. The molecule has 2 heterocycles. The molecule has 0 unspecified atom stereocenters. The monoisotopic (exact) mass is 568 g/mol. The Kier molecular flexibility index (Phi) is 10.2. The van der Waals surface area contributed by atoms with E-state index in [4.69, 9.17) is 19.6 Å². The number of nitrogens with zero attached hydrogens (tertiary/aromatic N) is 1. The molecule has 13 heteroatoms. The van der Waals surface area contributed by atoms with Gasteiger partial charge < -0.3 is 19.6 Å². The highest BCUT2D eigenvalue weighted by Crippen LogP contribution is 2.43. The summed E-state index contributed by atoms with van der Waals surface area (Å²) in [5, 5.41) is 5.80. The maximum absolute atomic E-state index is 14.5. The molecular formula is C25H37N4O7PS. The molecule has 2 aromatic rings. The van der Waals surface area contributed by atoms with Gasteiger partial charge in [-0.1, -0.05) is 24.3 Å². The summed E-state index contributed by atoms with van der Waals surface area (Å²) in [6.45, 7) is 13.2. The zero-order chi connectivity index (χ0) is 28.9. The van der Waals surface area contributed by atoms with Gasteiger partial charge in [-0.3, -0.25) is 18.9 Å². The van der Waals surface area contributed by atoms with Gasteiger partial charge in [-0.15, -0.1) is 0 Å². The molecular weight excluding hydrogens is 531 g/mol. The van der Waals surface area contributed by atoms with Crippen molar-refractivity contribution in [2.45, 2.75) is 72.9 Å². The lowest BCUT2D eigenvalue weighted by Gasteiger charge is -2.34. The molecule has 0 aliphatic heterocycles. The van der Waals surface area contributed by atoms with Crippen LogP contribution >= 0.6 is 18.8 Å². The van der Waals surface area contributed by atoms with Gasteiger partial charge in [0.05, 0.1) is 13.2 Å². The second-order valence-corrected chi connectivity index (χ2v) is 12.5. The standard InChI is InChI=1S/C25H37N4O7PS/c1-9-15(10-2)19(30)20-18(27-23(26)38-20)16-13-14-17(36-16)37(33,28-24(5,6)21(31)34-11-3)29-25(7,8)22(32)35-12-4/h9,13-14H,10-12H2,1-8H3,(H2,26,27)(H2,28,29,33)/b15-9+. The minimum absolute atomic E-state index is 0.103. The largest absolute Gasteiger partial charge is 0.465 e. The van der Waals surface area contributed by atoms with Crippen molar-refractivity contribution in [3.05, 3.63) is 28.7 Å². The van der Waals surface area contributed by atoms with Gasteiger partial charge in [-0.25, -0.2) is 15.2 Å². The van der Waals surface area contributed by atoms with Crippen LogP contribution in [0, 0.1) is 0 Å². The number of furan rings is 1. The van der Waals surface area contributed by atoms with E-state index in [1.54, 1.807) is 26.8 Å². The Balaban J connectivity index is 2.62. The van der Waals surface area contributed by atoms with Gasteiger partial charge in [0.1, 0.15) is 21.6 Å². The third-order valence-electron chi connectivity index (χ3n) is 5.45. The van der Waals surface area contributed by atoms with Crippen LogP contribution in [-0.2, 0) is 23.6 Å². The number of hydrogen-bond donors (Lipinski definition) is 3. The molecule has 0 saturated carbocycles. The zero-order valence-corrected chi connectivity index (χ0v) is 24.8. The van der Waals surface area contributed by atoms with Crippen LogP contribution in [0.25, 0.3) is 11.5 Å². The highest BCUT2D eigenvalue weighted by Gasteiger charge is 2.45. The van der Waals surface area contributed by atoms with Gasteiger partial charge in [0.2, 0.25) is 5.78 Å². The minimum atomic E-state index is -4.05. The van der Waals surface area contributed by atoms with Gasteiger partial charge in [0, 0.05) is 0 Å². The van der Waals surface area contributed by atoms with E-state index in [0.29, 0.717) is 12.0 Å². The second-order valence-electron chi connectivity index (χ2n) is 9.39. The van der Waals surface area contributed by atoms with Gasteiger partial charge in [0.25, 0.3) is 7.44 Å². The lowest BCUT2D eigenvalue weighted by molar-refractivity contribution is -0.149. The molecule has 0 atom stereocenters. The fraction of sp³-hybridized carbons (Fsp3) is 0.520. The van der Waals surface area contributed by atoms with Crippen molar-refractivity contribution in [2.75, 3.05) is 18.9 Å². The van der Waals surface area contributed by atoms with Crippen LogP contribution in [0.15, 0.2) is 28.2 Å². The van der Waals surface area contributed by atoms with Crippen LogP contribution in [-0.4, -0.2) is 47.0 Å². The molecule has 11 nitrogen and oxygen atoms in total. The van der Waals surface area contributed by atoms with Crippen molar-refractivity contribution in [3.63, 3.8) is 0 Å². The van der Waals surface area contributed by atoms with E-state index < -0.39 is 30.5 Å². The number of nitrogen functional groups attached to an aromatic ring is 1. The van der Waals surface area contributed by atoms with Crippen molar-refractivity contribution in [3.8, 4) is 11.5 Å². The normalized spacial score (nSPS) is 12.9. The summed E-state index contributed by atoms with van der Waals surface area (Å²) in [4.78, 5) is 42.9. The number of aromatic nitrogens is 1. The Hall–Kier alpha value is -2.79. The second kappa shape index (κ2) is 12.4. The topological polar surface area (TPSA) is 163 Å². The summed E-state index contributed by atoms with van der Waals surface area (Å²) in [5.74, 6) is -1.39. The number of anilines is 1. The Morgan fingerprint density at radius 3 is 2.03 bits per heavy atom. The lowest BCUT2D eigenvalue weighted by Crippen LogP contribution is -2.55. The Labute approximate surface area is 227 Å². The number of carbonyl (C=O) groups excluding carboxylic acids is 3. The van der Waals surface area contributed by atoms with Crippen molar-refractivity contribution in [2.24, 2.45) is 0 Å². The van der Waals surface area contributed by atoms with E-state index in [2.05, 4.69) is 15.2 Å². The Morgan fingerprint density at radius 1 is 1.05 bits per heavy atom. The maximum atomic E-state index is 14.5. The van der Waals surface area contributed by atoms with Crippen molar-refractivity contribution in [1.29, 1.82) is 0 Å². The van der Waals surface area contributed by atoms with Crippen LogP contribution < -0.4 is 21.4 Å². The number of ether oxygens (including phenoxy) is 2. The molecule has 2 aromatic heterocycles. The molecule has 0 amide bonds. The molecule has 38 heavy (non-hydrogen) atoms. The molecule has 0 aromatic carbocycles. The first-order valence-electron chi connectivity index (χ1n) is 12.3. The van der Waals surface area contributed by atoms with Gasteiger partial charge in [-0.2, -0.15) is 0 Å². The highest BCUT2D eigenvalue weighted by molar-refractivity contribution is 7.67. The number of nitrogens with two attached hydrogens (primary N) is 1. The molecule has 4 N–H and O–H groups in total. The van der Waals surface area contributed by atoms with Gasteiger partial charge in [-0.05, 0) is 72.6 Å². The van der Waals surface area contributed by atoms with E-state index in [1.807, 2.05) is 6.92 Å². The van der Waals surface area contributed by atoms with Crippen molar-refractivity contribution < 1.29 is 32.8 Å². The van der Waals surface area contributed by atoms with Gasteiger partial charge >= 0.3 is 11.9 Å². The summed E-state index contributed by atoms with van der Waals surface area (Å²) >= 11 is 1.03. The van der Waals surface area contributed by atoms with E-state index in [9.17, 15) is 18.9 Å². The lowest BCUT2D eigenvalue weighted by atomic mass is 10.1. The summed E-state index contributed by atoms with van der Waals surface area (Å²) in [6.07, 6.45) is 2.25. The minimum Gasteiger partial charge on any atom is -0.465 e. The number of carbonyl (C=O) groups is 3. The predicted octanol–water partition coefficient (Wildman–Crippen LogP) is 4.21. The zero-order valence-electron chi connectivity index (χ0n) is 23.1. The summed E-state index contributed by atoms with van der Waals surface area (Å²) in [6, 6.07) is 2.94. The van der Waals surface area contributed by atoms with E-state index >= 15 is 0 Å². The molecule has 0 aliphatic rings. The average Bonchev–Trinajstić information content (AvgIpc) is 3.46. The first-order chi connectivity index (χ1) is 17.7. The number of ketones is 1. The van der Waals surface area contributed by atoms with Crippen molar-refractivity contribution in [1.82, 2.24) is 15.2 Å². The highest BCUT2D eigenvalue weighted by atomic mass is 32.1. The first kappa shape index (κ1) is 31.4. The molecule has 2 rings (SSSR count). The number of thiazole rings is 1. The number of hydrogen-bond acceptors (Lipinski definition) is 10. The van der Waals surface area contributed by atoms with E-state index in [0.717, 1.165) is 11.3 Å². The summed E-state index contributed by atoms with van der Waals surface area (Å²) < 4.78 is 30.7. The molecule has 210 valence electrons. The van der Waals surface area contributed by atoms with Crippen LogP contribution in [0.5, 0.6) is 0 Å². The Bertz CT molecular complexity index is 1230. The van der Waals surface area contributed by atoms with Gasteiger partial charge in [0.15, 0.2) is 16.4 Å². The molecule has 0 spiro atoms. The molecule has 0 bridgehead atoms. The molecule has 0 saturated heterocycles. The van der Waals surface area contributed by atoms with Crippen LogP contribution in [0.3, 0.4) is 0 Å². The van der Waals surface area contributed by atoms with Crippen LogP contribution in [0.1, 0.15) is 71.5 Å². The number of nitrogens with one attached hydrogen (secondary N) is 2. The quantitative estimate of drug-likeness (QED) is 0.137. The van der Waals surface area contributed by atoms with E-state index in [1.165, 1.54) is 39.8 Å². The van der Waals surface area contributed by atoms with Crippen LogP contribution in [0.4, 0.5) is 5.13 Å². The molecule has 0 fully saturated rings. The summed E-state index contributed by atoms with van der Waals surface area (Å²) in [7, 11) is -4.05. The average molecular weight is 569 g/mol. The summed E-state index contributed by atoms with van der Waals surface area (Å²) in [5.41, 5.74) is 3.74. The van der Waals surface area contributed by atoms with E-state index in [-0.39, 0.29) is 46.0 Å².